The summed E-state index contributed by atoms with van der Waals surface area (Å²) in [5, 5.41) is 12.0. The van der Waals surface area contributed by atoms with E-state index in [1.54, 1.807) is 6.92 Å². The van der Waals surface area contributed by atoms with Crippen molar-refractivity contribution in [1.82, 2.24) is 9.78 Å². The predicted octanol–water partition coefficient (Wildman–Crippen LogP) is 0.987. The normalized spacial score (nSPS) is 12.0. The largest absolute Gasteiger partial charge is 0.390 e. The zero-order valence-electron chi connectivity index (χ0n) is 6.67. The standard InChI is InChI=1S/C7H10F2N2O/c1-2-11-4-6(3-10-11)7(8,9)5-12/h3-4,12H,2,5H2,1H3. The Balaban J connectivity index is 2.88. The van der Waals surface area contributed by atoms with Crippen LogP contribution in [-0.2, 0) is 12.5 Å². The lowest BCUT2D eigenvalue weighted by Crippen LogP contribution is -2.17. The Morgan fingerprint density at radius 2 is 2.33 bits per heavy atom. The van der Waals surface area contributed by atoms with E-state index in [-0.39, 0.29) is 5.56 Å². The molecule has 5 heteroatoms. The smallest absolute Gasteiger partial charge is 0.298 e. The fourth-order valence-electron chi connectivity index (χ4n) is 0.817. The molecule has 0 aromatic carbocycles. The maximum atomic E-state index is 12.7. The third-order valence-electron chi connectivity index (χ3n) is 1.58. The minimum absolute atomic E-state index is 0.244. The van der Waals surface area contributed by atoms with Crippen molar-refractivity contribution >= 4 is 0 Å². The average Bonchev–Trinajstić information content (AvgIpc) is 2.52. The lowest BCUT2D eigenvalue weighted by atomic mass is 10.2. The lowest BCUT2D eigenvalue weighted by molar-refractivity contribution is -0.0556. The highest BCUT2D eigenvalue weighted by Gasteiger charge is 2.31. The molecule has 1 rings (SSSR count). The zero-order chi connectivity index (χ0) is 9.19. The highest BCUT2D eigenvalue weighted by Crippen LogP contribution is 2.26. The van der Waals surface area contributed by atoms with Gasteiger partial charge in [-0.15, -0.1) is 0 Å². The highest BCUT2D eigenvalue weighted by atomic mass is 19.3. The van der Waals surface area contributed by atoms with Crippen molar-refractivity contribution in [2.24, 2.45) is 0 Å². The molecule has 0 aliphatic rings. The fourth-order valence-corrected chi connectivity index (χ4v) is 0.817. The number of rotatable bonds is 3. The molecule has 0 aliphatic heterocycles. The van der Waals surface area contributed by atoms with Crippen LogP contribution in [0, 0.1) is 0 Å². The van der Waals surface area contributed by atoms with Gasteiger partial charge in [-0.25, -0.2) is 0 Å². The van der Waals surface area contributed by atoms with Crippen LogP contribution in [0.15, 0.2) is 12.4 Å². The summed E-state index contributed by atoms with van der Waals surface area (Å²) < 4.78 is 26.9. The van der Waals surface area contributed by atoms with Gasteiger partial charge in [0.05, 0.1) is 11.8 Å². The Labute approximate surface area is 68.6 Å². The van der Waals surface area contributed by atoms with E-state index in [0.717, 1.165) is 6.20 Å². The molecule has 0 amide bonds. The van der Waals surface area contributed by atoms with Crippen LogP contribution in [0.1, 0.15) is 12.5 Å². The van der Waals surface area contributed by atoms with Gasteiger partial charge in [0.1, 0.15) is 6.61 Å². The van der Waals surface area contributed by atoms with E-state index in [1.165, 1.54) is 10.9 Å². The number of halogens is 2. The quantitative estimate of drug-likeness (QED) is 0.745. The second kappa shape index (κ2) is 3.18. The average molecular weight is 176 g/mol. The molecule has 68 valence electrons. The van der Waals surface area contributed by atoms with Gasteiger partial charge in [-0.2, -0.15) is 13.9 Å². The van der Waals surface area contributed by atoms with E-state index in [0.29, 0.717) is 6.54 Å². The summed E-state index contributed by atoms with van der Waals surface area (Å²) >= 11 is 0. The van der Waals surface area contributed by atoms with Crippen molar-refractivity contribution < 1.29 is 13.9 Å². The first-order valence-electron chi connectivity index (χ1n) is 3.61. The number of nitrogens with zero attached hydrogens (tertiary/aromatic N) is 2. The number of hydrogen-bond donors (Lipinski definition) is 1. The molecule has 0 unspecified atom stereocenters. The van der Waals surface area contributed by atoms with Crippen LogP contribution in [0.2, 0.25) is 0 Å². The predicted molar refractivity (Wildman–Crippen MR) is 38.9 cm³/mol. The molecule has 0 fully saturated rings. The monoisotopic (exact) mass is 176 g/mol. The number of aliphatic hydroxyl groups is 1. The second-order valence-corrected chi connectivity index (χ2v) is 2.45. The third-order valence-corrected chi connectivity index (χ3v) is 1.58. The zero-order valence-corrected chi connectivity index (χ0v) is 6.67. The highest BCUT2D eigenvalue weighted by molar-refractivity contribution is 5.11. The van der Waals surface area contributed by atoms with Crippen molar-refractivity contribution in [3.05, 3.63) is 18.0 Å². The van der Waals surface area contributed by atoms with Crippen LogP contribution in [0.3, 0.4) is 0 Å². The van der Waals surface area contributed by atoms with Crippen molar-refractivity contribution in [3.8, 4) is 0 Å². The van der Waals surface area contributed by atoms with Crippen molar-refractivity contribution in [3.63, 3.8) is 0 Å². The van der Waals surface area contributed by atoms with Crippen molar-refractivity contribution in [2.75, 3.05) is 6.61 Å². The summed E-state index contributed by atoms with van der Waals surface area (Å²) in [7, 11) is 0. The molecule has 1 heterocycles. The Hall–Kier alpha value is -0.970. The summed E-state index contributed by atoms with van der Waals surface area (Å²) in [6, 6.07) is 0. The van der Waals surface area contributed by atoms with Crippen molar-refractivity contribution in [1.29, 1.82) is 0 Å². The molecule has 1 N–H and O–H groups in total. The van der Waals surface area contributed by atoms with Gasteiger partial charge in [0.15, 0.2) is 0 Å². The van der Waals surface area contributed by atoms with Crippen LogP contribution >= 0.6 is 0 Å². The maximum Gasteiger partial charge on any atom is 0.298 e. The fraction of sp³-hybridized carbons (Fsp3) is 0.571. The van der Waals surface area contributed by atoms with E-state index >= 15 is 0 Å². The number of aliphatic hydroxyl groups excluding tert-OH is 1. The van der Waals surface area contributed by atoms with Crippen LogP contribution < -0.4 is 0 Å². The van der Waals surface area contributed by atoms with Gasteiger partial charge in [0, 0.05) is 12.7 Å². The van der Waals surface area contributed by atoms with Gasteiger partial charge in [0.2, 0.25) is 0 Å². The van der Waals surface area contributed by atoms with Gasteiger partial charge in [-0.3, -0.25) is 4.68 Å². The molecular weight excluding hydrogens is 166 g/mol. The van der Waals surface area contributed by atoms with E-state index in [9.17, 15) is 8.78 Å². The Bertz CT molecular complexity index is 260. The van der Waals surface area contributed by atoms with Gasteiger partial charge in [-0.1, -0.05) is 0 Å². The Kier molecular flexibility index (Phi) is 2.42. The van der Waals surface area contributed by atoms with Gasteiger partial charge >= 0.3 is 0 Å². The molecule has 1 aromatic heterocycles. The van der Waals surface area contributed by atoms with E-state index in [2.05, 4.69) is 5.10 Å². The van der Waals surface area contributed by atoms with Crippen LogP contribution in [0.5, 0.6) is 0 Å². The van der Waals surface area contributed by atoms with E-state index < -0.39 is 12.5 Å². The number of hydrogen-bond acceptors (Lipinski definition) is 2. The summed E-state index contributed by atoms with van der Waals surface area (Å²) in [5.74, 6) is -3.17. The van der Waals surface area contributed by atoms with E-state index in [1.807, 2.05) is 0 Å². The maximum absolute atomic E-state index is 12.7. The summed E-state index contributed by atoms with van der Waals surface area (Å²) in [6.07, 6.45) is 2.30. The molecule has 12 heavy (non-hydrogen) atoms. The first kappa shape index (κ1) is 9.12. The molecular formula is C7H10F2N2O. The molecule has 0 saturated carbocycles. The molecule has 0 aliphatic carbocycles. The van der Waals surface area contributed by atoms with Gasteiger partial charge < -0.3 is 5.11 Å². The summed E-state index contributed by atoms with van der Waals surface area (Å²) in [4.78, 5) is 0. The van der Waals surface area contributed by atoms with Gasteiger partial charge in [0.25, 0.3) is 5.92 Å². The van der Waals surface area contributed by atoms with Crippen LogP contribution in [0.4, 0.5) is 8.78 Å². The summed E-state index contributed by atoms with van der Waals surface area (Å²) in [5.41, 5.74) is -0.244. The first-order valence-corrected chi connectivity index (χ1v) is 3.61. The van der Waals surface area contributed by atoms with E-state index in [4.69, 9.17) is 5.11 Å². The number of aromatic nitrogens is 2. The Morgan fingerprint density at radius 3 is 2.75 bits per heavy atom. The van der Waals surface area contributed by atoms with Crippen LogP contribution in [0.25, 0.3) is 0 Å². The van der Waals surface area contributed by atoms with Crippen molar-refractivity contribution in [2.45, 2.75) is 19.4 Å². The summed E-state index contributed by atoms with van der Waals surface area (Å²) in [6.45, 7) is 1.16. The third kappa shape index (κ3) is 1.61. The minimum Gasteiger partial charge on any atom is -0.390 e. The molecule has 0 atom stereocenters. The topological polar surface area (TPSA) is 38.0 Å². The Morgan fingerprint density at radius 1 is 1.67 bits per heavy atom. The molecule has 1 aromatic rings. The van der Waals surface area contributed by atoms with Gasteiger partial charge in [-0.05, 0) is 6.92 Å². The SMILES string of the molecule is CCn1cc(C(F)(F)CO)cn1. The molecule has 0 spiro atoms. The minimum atomic E-state index is -3.17. The second-order valence-electron chi connectivity index (χ2n) is 2.45. The molecule has 0 saturated heterocycles. The lowest BCUT2D eigenvalue weighted by Gasteiger charge is -2.09. The molecule has 0 radical (unpaired) electrons. The van der Waals surface area contributed by atoms with Crippen LogP contribution in [-0.4, -0.2) is 21.5 Å². The molecule has 3 nitrogen and oxygen atoms in total. The molecule has 0 bridgehead atoms. The first-order chi connectivity index (χ1) is 5.60. The number of aryl methyl sites for hydroxylation is 1. The number of alkyl halides is 2.